The summed E-state index contributed by atoms with van der Waals surface area (Å²) >= 11 is 0. The third-order valence-corrected chi connectivity index (χ3v) is 7.58. The number of nitrogens with zero attached hydrogens (tertiary/aromatic N) is 4. The molecule has 31 heavy (non-hydrogen) atoms. The van der Waals surface area contributed by atoms with Gasteiger partial charge in [-0.1, -0.05) is 18.2 Å². The van der Waals surface area contributed by atoms with Crippen LogP contribution in [-0.2, 0) is 21.6 Å². The molecule has 166 valence electrons. The molecule has 0 aliphatic carbocycles. The number of hydrogen-bond acceptors (Lipinski definition) is 5. The Kier molecular flexibility index (Phi) is 5.58. The van der Waals surface area contributed by atoms with Crippen molar-refractivity contribution in [2.75, 3.05) is 33.3 Å². The van der Waals surface area contributed by atoms with Gasteiger partial charge in [-0.05, 0) is 56.8 Å². The lowest BCUT2D eigenvalue weighted by atomic mass is 9.83. The largest absolute Gasteiger partial charge is 0.368 e. The zero-order valence-electron chi connectivity index (χ0n) is 18.4. The zero-order chi connectivity index (χ0) is 21.4. The number of amides is 1. The molecular weight excluding hydrogens is 390 g/mol. The number of carbonyl (C=O) groups is 1. The number of aromatic nitrogens is 2. The second-order valence-electron chi connectivity index (χ2n) is 9.25. The van der Waals surface area contributed by atoms with Crippen LogP contribution in [0.3, 0.4) is 0 Å². The van der Waals surface area contributed by atoms with E-state index in [0.29, 0.717) is 25.0 Å². The third kappa shape index (κ3) is 3.79. The first kappa shape index (κ1) is 20.7. The molecule has 5 rings (SSSR count). The van der Waals surface area contributed by atoms with E-state index < -0.39 is 0 Å². The van der Waals surface area contributed by atoms with Gasteiger partial charge >= 0.3 is 0 Å². The number of nitrogens with two attached hydrogens (primary N) is 1. The topological polar surface area (TPSA) is 76.6 Å². The van der Waals surface area contributed by atoms with Crippen LogP contribution < -0.4 is 5.73 Å². The predicted octanol–water partition coefficient (Wildman–Crippen LogP) is 2.07. The minimum Gasteiger partial charge on any atom is -0.368 e. The summed E-state index contributed by atoms with van der Waals surface area (Å²) in [7, 11) is 2.11. The van der Waals surface area contributed by atoms with Crippen molar-refractivity contribution in [2.24, 2.45) is 5.73 Å². The molecule has 2 atom stereocenters. The van der Waals surface area contributed by atoms with Crippen LogP contribution >= 0.6 is 0 Å². The van der Waals surface area contributed by atoms with Gasteiger partial charge in [-0.25, -0.2) is 4.68 Å². The van der Waals surface area contributed by atoms with Crippen molar-refractivity contribution in [1.82, 2.24) is 19.6 Å². The molecule has 0 radical (unpaired) electrons. The van der Waals surface area contributed by atoms with Crippen molar-refractivity contribution >= 4 is 5.91 Å². The van der Waals surface area contributed by atoms with Crippen molar-refractivity contribution in [1.29, 1.82) is 0 Å². The monoisotopic (exact) mass is 423 g/mol. The Morgan fingerprint density at radius 2 is 1.94 bits per heavy atom. The third-order valence-electron chi connectivity index (χ3n) is 7.58. The molecule has 3 aliphatic rings. The molecule has 1 aromatic carbocycles. The van der Waals surface area contributed by atoms with Crippen molar-refractivity contribution in [3.05, 3.63) is 47.8 Å². The van der Waals surface area contributed by atoms with Crippen molar-refractivity contribution in [3.8, 4) is 5.69 Å². The highest BCUT2D eigenvalue weighted by atomic mass is 16.5. The summed E-state index contributed by atoms with van der Waals surface area (Å²) in [5.74, 6) is 0.259. The average molecular weight is 424 g/mol. The van der Waals surface area contributed by atoms with Gasteiger partial charge in [-0.3, -0.25) is 9.69 Å². The number of para-hydroxylation sites is 1. The van der Waals surface area contributed by atoms with Gasteiger partial charge in [0.1, 0.15) is 5.60 Å². The average Bonchev–Trinajstić information content (AvgIpc) is 3.40. The molecule has 2 aromatic rings. The molecule has 0 unspecified atom stereocenters. The highest BCUT2D eigenvalue weighted by Crippen LogP contribution is 2.41. The van der Waals surface area contributed by atoms with E-state index in [1.807, 2.05) is 27.8 Å². The Balaban J connectivity index is 1.26. The van der Waals surface area contributed by atoms with Gasteiger partial charge in [-0.2, -0.15) is 5.10 Å². The Labute approximate surface area is 184 Å². The Hall–Kier alpha value is -2.22. The normalized spacial score (nSPS) is 25.7. The number of ether oxygens (including phenoxy) is 1. The summed E-state index contributed by atoms with van der Waals surface area (Å²) in [4.78, 5) is 17.3. The highest BCUT2D eigenvalue weighted by molar-refractivity contribution is 5.77. The van der Waals surface area contributed by atoms with E-state index >= 15 is 0 Å². The van der Waals surface area contributed by atoms with Crippen LogP contribution in [-0.4, -0.2) is 70.9 Å². The van der Waals surface area contributed by atoms with Gasteiger partial charge in [0.25, 0.3) is 0 Å². The standard InChI is InChI=1S/C24H33N5O2/c1-27-20(7-8-21(27)16-25)15-22(30)28-12-10-24(11-13-28)23-18(9-14-31-24)17-29(26-23)19-5-3-2-4-6-19/h2-6,17,20-21H,7-16,25H2,1H3/t20-,21+/m0/s1. The summed E-state index contributed by atoms with van der Waals surface area (Å²) in [6.45, 7) is 2.85. The molecule has 7 nitrogen and oxygen atoms in total. The first-order valence-electron chi connectivity index (χ1n) is 11.6. The van der Waals surface area contributed by atoms with Gasteiger partial charge in [0.05, 0.1) is 18.0 Å². The Morgan fingerprint density at radius 3 is 2.65 bits per heavy atom. The fourth-order valence-corrected chi connectivity index (χ4v) is 5.56. The summed E-state index contributed by atoms with van der Waals surface area (Å²) in [6.07, 6.45) is 7.40. The maximum Gasteiger partial charge on any atom is 0.224 e. The van der Waals surface area contributed by atoms with E-state index in [1.165, 1.54) is 5.56 Å². The van der Waals surface area contributed by atoms with E-state index in [-0.39, 0.29) is 11.5 Å². The molecule has 2 saturated heterocycles. The number of carbonyl (C=O) groups excluding carboxylic acids is 1. The second kappa shape index (κ2) is 8.37. The first-order chi connectivity index (χ1) is 15.1. The summed E-state index contributed by atoms with van der Waals surface area (Å²) in [5, 5.41) is 4.95. The molecule has 1 spiro atoms. The van der Waals surface area contributed by atoms with Crippen LogP contribution in [0.1, 0.15) is 43.4 Å². The van der Waals surface area contributed by atoms with Crippen LogP contribution in [0.5, 0.6) is 0 Å². The van der Waals surface area contributed by atoms with Crippen LogP contribution in [0.25, 0.3) is 5.69 Å². The van der Waals surface area contributed by atoms with Crippen molar-refractivity contribution in [2.45, 2.75) is 56.2 Å². The van der Waals surface area contributed by atoms with Crippen LogP contribution in [0.4, 0.5) is 0 Å². The van der Waals surface area contributed by atoms with E-state index in [1.54, 1.807) is 0 Å². The SMILES string of the molecule is CN1[C@@H](CN)CC[C@H]1CC(=O)N1CCC2(CC1)OCCc1cn(-c3ccccc3)nc12. The summed E-state index contributed by atoms with van der Waals surface area (Å²) in [5.41, 5.74) is 8.90. The molecule has 0 bridgehead atoms. The summed E-state index contributed by atoms with van der Waals surface area (Å²) < 4.78 is 8.33. The van der Waals surface area contributed by atoms with Gasteiger partial charge in [0.2, 0.25) is 5.91 Å². The maximum absolute atomic E-state index is 13.0. The minimum atomic E-state index is -0.362. The molecule has 2 N–H and O–H groups in total. The van der Waals surface area contributed by atoms with E-state index in [0.717, 1.165) is 63.2 Å². The molecule has 0 saturated carbocycles. The lowest BCUT2D eigenvalue weighted by Gasteiger charge is -2.43. The molecule has 1 aromatic heterocycles. The quantitative estimate of drug-likeness (QED) is 0.815. The van der Waals surface area contributed by atoms with Crippen molar-refractivity contribution in [3.63, 3.8) is 0 Å². The second-order valence-corrected chi connectivity index (χ2v) is 9.25. The highest BCUT2D eigenvalue weighted by Gasteiger charge is 2.44. The minimum absolute atomic E-state index is 0.259. The van der Waals surface area contributed by atoms with E-state index in [4.69, 9.17) is 15.6 Å². The molecule has 1 amide bonds. The fourth-order valence-electron chi connectivity index (χ4n) is 5.56. The molecule has 3 aliphatic heterocycles. The smallest absolute Gasteiger partial charge is 0.224 e. The zero-order valence-corrected chi connectivity index (χ0v) is 18.4. The molecule has 2 fully saturated rings. The molecule has 7 heteroatoms. The van der Waals surface area contributed by atoms with Crippen molar-refractivity contribution < 1.29 is 9.53 Å². The Bertz CT molecular complexity index is 919. The van der Waals surface area contributed by atoms with Gasteiger partial charge < -0.3 is 15.4 Å². The van der Waals surface area contributed by atoms with Crippen LogP contribution in [0.15, 0.2) is 36.5 Å². The number of likely N-dealkylation sites (tertiary alicyclic amines) is 2. The van der Waals surface area contributed by atoms with Gasteiger partial charge in [-0.15, -0.1) is 0 Å². The van der Waals surface area contributed by atoms with Crippen LogP contribution in [0.2, 0.25) is 0 Å². The number of hydrogen-bond donors (Lipinski definition) is 1. The predicted molar refractivity (Wildman–Crippen MR) is 119 cm³/mol. The number of fused-ring (bicyclic) bond motifs is 2. The number of likely N-dealkylation sites (N-methyl/N-ethyl adjacent to an activating group) is 1. The van der Waals surface area contributed by atoms with Gasteiger partial charge in [0, 0.05) is 44.3 Å². The lowest BCUT2D eigenvalue weighted by molar-refractivity contribution is -0.142. The lowest BCUT2D eigenvalue weighted by Crippen LogP contribution is -2.49. The van der Waals surface area contributed by atoms with Gasteiger partial charge in [0.15, 0.2) is 0 Å². The Morgan fingerprint density at radius 1 is 1.19 bits per heavy atom. The first-order valence-corrected chi connectivity index (χ1v) is 11.6. The molecular formula is C24H33N5O2. The summed E-state index contributed by atoms with van der Waals surface area (Å²) in [6, 6.07) is 11.0. The maximum atomic E-state index is 13.0. The van der Waals surface area contributed by atoms with E-state index in [2.05, 4.69) is 30.3 Å². The van der Waals surface area contributed by atoms with Crippen LogP contribution in [0, 0.1) is 0 Å². The van der Waals surface area contributed by atoms with E-state index in [9.17, 15) is 4.79 Å². The fraction of sp³-hybridized carbons (Fsp3) is 0.583. The molecule has 4 heterocycles. The number of benzene rings is 1. The number of rotatable bonds is 4. The number of piperidine rings is 1.